The molecule has 0 aromatic carbocycles. The van der Waals surface area contributed by atoms with Crippen LogP contribution in [0, 0.1) is 5.92 Å². The van der Waals surface area contributed by atoms with Gasteiger partial charge in [0.15, 0.2) is 0 Å². The molecule has 1 unspecified atom stereocenters. The van der Waals surface area contributed by atoms with E-state index in [4.69, 9.17) is 4.74 Å². The van der Waals surface area contributed by atoms with E-state index in [-0.39, 0.29) is 5.97 Å². The highest BCUT2D eigenvalue weighted by Gasteiger charge is 2.04. The third kappa shape index (κ3) is 9.52. The molecule has 1 aliphatic rings. The number of hydrogen-bond acceptors (Lipinski definition) is 2. The van der Waals surface area contributed by atoms with Gasteiger partial charge in [-0.3, -0.25) is 4.79 Å². The summed E-state index contributed by atoms with van der Waals surface area (Å²) in [7, 11) is 0. The molecule has 0 fully saturated rings. The second-order valence-corrected chi connectivity index (χ2v) is 5.48. The van der Waals surface area contributed by atoms with Crippen LogP contribution in [-0.2, 0) is 9.53 Å². The van der Waals surface area contributed by atoms with Crippen LogP contribution in [0.25, 0.3) is 0 Å². The lowest BCUT2D eigenvalue weighted by molar-refractivity contribution is -0.142. The van der Waals surface area contributed by atoms with Crippen molar-refractivity contribution in [3.8, 4) is 0 Å². The highest BCUT2D eigenvalue weighted by Crippen LogP contribution is 2.13. The van der Waals surface area contributed by atoms with Gasteiger partial charge in [0.1, 0.15) is 0 Å². The molecule has 0 N–H and O–H groups in total. The minimum atomic E-state index is -0.0885. The Morgan fingerprint density at radius 3 is 2.32 bits per heavy atom. The first-order valence-electron chi connectivity index (χ1n) is 7.74. The fourth-order valence-corrected chi connectivity index (χ4v) is 2.22. The SMILES string of the molecule is CC1CCCC=CCCCCC=CCC(=O)OCC1. The molecule has 1 rings (SSSR count). The molecule has 0 aromatic heterocycles. The minimum Gasteiger partial charge on any atom is -0.465 e. The summed E-state index contributed by atoms with van der Waals surface area (Å²) in [5.41, 5.74) is 0. The Bertz CT molecular complexity index is 292. The Balaban J connectivity index is 2.32. The van der Waals surface area contributed by atoms with Crippen LogP contribution in [0.3, 0.4) is 0 Å². The molecule has 0 bridgehead atoms. The molecule has 0 radical (unpaired) electrons. The smallest absolute Gasteiger partial charge is 0.309 e. The van der Waals surface area contributed by atoms with Gasteiger partial charge in [-0.2, -0.15) is 0 Å². The van der Waals surface area contributed by atoms with E-state index >= 15 is 0 Å². The van der Waals surface area contributed by atoms with Crippen molar-refractivity contribution in [2.45, 2.75) is 64.7 Å². The number of carbonyl (C=O) groups is 1. The maximum Gasteiger partial charge on any atom is 0.309 e. The second kappa shape index (κ2) is 10.8. The molecule has 1 heterocycles. The summed E-state index contributed by atoms with van der Waals surface area (Å²) in [6, 6.07) is 0. The summed E-state index contributed by atoms with van der Waals surface area (Å²) in [6.07, 6.45) is 18.4. The molecule has 0 aromatic rings. The van der Waals surface area contributed by atoms with Crippen molar-refractivity contribution < 1.29 is 9.53 Å². The fraction of sp³-hybridized carbons (Fsp3) is 0.706. The van der Waals surface area contributed by atoms with Crippen molar-refractivity contribution >= 4 is 5.97 Å². The van der Waals surface area contributed by atoms with Crippen LogP contribution in [-0.4, -0.2) is 12.6 Å². The van der Waals surface area contributed by atoms with E-state index in [2.05, 4.69) is 25.2 Å². The van der Waals surface area contributed by atoms with Gasteiger partial charge in [-0.15, -0.1) is 0 Å². The van der Waals surface area contributed by atoms with Gasteiger partial charge in [0.05, 0.1) is 13.0 Å². The molecule has 108 valence electrons. The summed E-state index contributed by atoms with van der Waals surface area (Å²) in [5.74, 6) is 0.557. The molecular weight excluding hydrogens is 236 g/mol. The molecule has 0 saturated carbocycles. The van der Waals surface area contributed by atoms with Crippen molar-refractivity contribution in [1.29, 1.82) is 0 Å². The molecule has 1 aliphatic heterocycles. The predicted octanol–water partition coefficient (Wildman–Crippen LogP) is 4.80. The van der Waals surface area contributed by atoms with Crippen LogP contribution in [0.15, 0.2) is 24.3 Å². The quantitative estimate of drug-likeness (QED) is 0.464. The highest BCUT2D eigenvalue weighted by atomic mass is 16.5. The zero-order valence-electron chi connectivity index (χ0n) is 12.3. The maximum atomic E-state index is 11.5. The van der Waals surface area contributed by atoms with E-state index in [1.165, 1.54) is 38.5 Å². The Morgan fingerprint density at radius 2 is 1.58 bits per heavy atom. The number of cyclic esters (lactones) is 1. The van der Waals surface area contributed by atoms with E-state index < -0.39 is 0 Å². The molecular formula is C17H28O2. The van der Waals surface area contributed by atoms with Gasteiger partial charge in [-0.25, -0.2) is 0 Å². The Morgan fingerprint density at radius 1 is 0.947 bits per heavy atom. The summed E-state index contributed by atoms with van der Waals surface area (Å²) >= 11 is 0. The van der Waals surface area contributed by atoms with Crippen LogP contribution < -0.4 is 0 Å². The van der Waals surface area contributed by atoms with E-state index in [1.807, 2.05) is 6.08 Å². The van der Waals surface area contributed by atoms with Crippen molar-refractivity contribution in [3.63, 3.8) is 0 Å². The van der Waals surface area contributed by atoms with Gasteiger partial charge < -0.3 is 4.74 Å². The molecule has 0 saturated heterocycles. The van der Waals surface area contributed by atoms with Crippen molar-refractivity contribution in [2.24, 2.45) is 5.92 Å². The molecule has 0 spiro atoms. The fourth-order valence-electron chi connectivity index (χ4n) is 2.22. The number of allylic oxidation sites excluding steroid dienone is 3. The minimum absolute atomic E-state index is 0.0885. The summed E-state index contributed by atoms with van der Waals surface area (Å²) < 4.78 is 5.23. The highest BCUT2D eigenvalue weighted by molar-refractivity contribution is 5.71. The first kappa shape index (κ1) is 16.0. The summed E-state index contributed by atoms with van der Waals surface area (Å²) in [5, 5.41) is 0. The number of rotatable bonds is 0. The Labute approximate surface area is 117 Å². The number of hydrogen-bond donors (Lipinski definition) is 0. The largest absolute Gasteiger partial charge is 0.465 e. The average Bonchev–Trinajstić information content (AvgIpc) is 2.39. The van der Waals surface area contributed by atoms with Crippen molar-refractivity contribution in [3.05, 3.63) is 24.3 Å². The lowest BCUT2D eigenvalue weighted by Crippen LogP contribution is -2.07. The normalized spacial score (nSPS) is 24.7. The molecule has 1 atom stereocenters. The topological polar surface area (TPSA) is 26.3 Å². The van der Waals surface area contributed by atoms with E-state index in [1.54, 1.807) is 0 Å². The number of ether oxygens (including phenoxy) is 1. The van der Waals surface area contributed by atoms with E-state index in [0.717, 1.165) is 12.8 Å². The third-order valence-corrected chi connectivity index (χ3v) is 3.55. The van der Waals surface area contributed by atoms with Crippen molar-refractivity contribution in [2.75, 3.05) is 6.61 Å². The van der Waals surface area contributed by atoms with Crippen LogP contribution in [0.4, 0.5) is 0 Å². The zero-order chi connectivity index (χ0) is 13.8. The predicted molar refractivity (Wildman–Crippen MR) is 80.0 cm³/mol. The van der Waals surface area contributed by atoms with Gasteiger partial charge in [0.2, 0.25) is 0 Å². The van der Waals surface area contributed by atoms with Crippen LogP contribution in [0.1, 0.15) is 64.7 Å². The standard InChI is InChI=1S/C17H28O2/c1-16-12-10-8-6-4-2-3-5-7-9-11-13-17(18)19-15-14-16/h4,6,9,11,16H,2-3,5,7-8,10,12-15H2,1H3. The number of esters is 1. The lowest BCUT2D eigenvalue weighted by Gasteiger charge is -2.10. The molecule has 0 aliphatic carbocycles. The van der Waals surface area contributed by atoms with E-state index in [9.17, 15) is 4.79 Å². The Kier molecular flexibility index (Phi) is 9.13. The first-order chi connectivity index (χ1) is 9.29. The van der Waals surface area contributed by atoms with E-state index in [0.29, 0.717) is 18.9 Å². The van der Waals surface area contributed by atoms with Gasteiger partial charge in [0, 0.05) is 0 Å². The molecule has 2 nitrogen and oxygen atoms in total. The van der Waals surface area contributed by atoms with Crippen molar-refractivity contribution in [1.82, 2.24) is 0 Å². The molecule has 0 amide bonds. The van der Waals surface area contributed by atoms with Gasteiger partial charge in [-0.1, -0.05) is 37.6 Å². The Hall–Kier alpha value is -1.05. The van der Waals surface area contributed by atoms with Gasteiger partial charge in [0.25, 0.3) is 0 Å². The average molecular weight is 264 g/mol. The zero-order valence-corrected chi connectivity index (χ0v) is 12.3. The summed E-state index contributed by atoms with van der Waals surface area (Å²) in [6.45, 7) is 2.81. The van der Waals surface area contributed by atoms with Gasteiger partial charge >= 0.3 is 5.97 Å². The molecule has 19 heavy (non-hydrogen) atoms. The second-order valence-electron chi connectivity index (χ2n) is 5.48. The number of carbonyl (C=O) groups excluding carboxylic acids is 1. The monoisotopic (exact) mass is 264 g/mol. The van der Waals surface area contributed by atoms with Crippen LogP contribution in [0.5, 0.6) is 0 Å². The maximum absolute atomic E-state index is 11.5. The third-order valence-electron chi connectivity index (χ3n) is 3.55. The lowest BCUT2D eigenvalue weighted by atomic mass is 10.0. The molecule has 2 heteroatoms. The van der Waals surface area contributed by atoms with Gasteiger partial charge in [-0.05, 0) is 50.9 Å². The summed E-state index contributed by atoms with van der Waals surface area (Å²) in [4.78, 5) is 11.5. The first-order valence-corrected chi connectivity index (χ1v) is 7.74. The van der Waals surface area contributed by atoms with Crippen LogP contribution >= 0.6 is 0 Å². The van der Waals surface area contributed by atoms with Crippen LogP contribution in [0.2, 0.25) is 0 Å².